The third-order valence-electron chi connectivity index (χ3n) is 16.8. The van der Waals surface area contributed by atoms with Crippen LogP contribution in [0.1, 0.15) is 213 Å². The Hall–Kier alpha value is -3.55. The highest BCUT2D eigenvalue weighted by Crippen LogP contribution is 2.33. The van der Waals surface area contributed by atoms with Crippen molar-refractivity contribution in [3.05, 3.63) is 109 Å². The lowest BCUT2D eigenvalue weighted by Crippen LogP contribution is -2.66. The number of nitrogens with one attached hydrogen (secondary N) is 1. The van der Waals surface area contributed by atoms with Crippen LogP contribution in [0.4, 0.5) is 0 Å². The SMILES string of the molecule is CC/C=C\C/C=C\C/C=C\C/C=C\C/C=C\C/C=C\C/C=C\C/C=C\CCCCCCCCCCCCCCC(=O)NC(COC1OC(CO)C(OC2OC(CO)C(OC3OC(CO)C(O)C(O)C3O)C(O)C2O)C(O)C1O)C(O)/C=C/CCCCCCCCCC. The van der Waals surface area contributed by atoms with E-state index >= 15 is 0 Å². The second kappa shape index (κ2) is 53.6. The normalized spacial score (nSPS) is 28.4. The molecule has 1 amide bonds. The molecule has 0 bridgehead atoms. The maximum atomic E-state index is 13.4. The molecule has 19 nitrogen and oxygen atoms in total. The van der Waals surface area contributed by atoms with Crippen molar-refractivity contribution in [3.63, 3.8) is 0 Å². The number of amides is 1. The molecule has 0 aromatic rings. The number of rotatable bonds is 52. The molecule has 12 N–H and O–H groups in total. The summed E-state index contributed by atoms with van der Waals surface area (Å²) in [5.74, 6) is -0.284. The first-order valence-electron chi connectivity index (χ1n) is 35.1. The van der Waals surface area contributed by atoms with E-state index in [1.54, 1.807) is 6.08 Å². The molecule has 0 radical (unpaired) electrons. The van der Waals surface area contributed by atoms with Gasteiger partial charge in [-0.25, -0.2) is 0 Å². The van der Waals surface area contributed by atoms with Crippen LogP contribution < -0.4 is 5.32 Å². The predicted octanol–water partition coefficient (Wildman–Crippen LogP) is 9.44. The van der Waals surface area contributed by atoms with Gasteiger partial charge in [0.1, 0.15) is 73.2 Å². The summed E-state index contributed by atoms with van der Waals surface area (Å²) in [6.45, 7) is 1.56. The van der Waals surface area contributed by atoms with E-state index in [-0.39, 0.29) is 18.9 Å². The molecule has 3 heterocycles. The van der Waals surface area contributed by atoms with Crippen LogP contribution in [0.25, 0.3) is 0 Å². The quantitative estimate of drug-likeness (QED) is 0.0199. The summed E-state index contributed by atoms with van der Waals surface area (Å²) in [5.41, 5.74) is 0. The highest BCUT2D eigenvalue weighted by atomic mass is 16.8. The van der Waals surface area contributed by atoms with Gasteiger partial charge in [0.15, 0.2) is 18.9 Å². The number of unbranched alkanes of at least 4 members (excludes halogenated alkanes) is 20. The highest BCUT2D eigenvalue weighted by Gasteiger charge is 2.53. The molecular formula is C73H123NO18. The van der Waals surface area contributed by atoms with Crippen LogP contribution >= 0.6 is 0 Å². The summed E-state index contributed by atoms with van der Waals surface area (Å²) < 4.78 is 34.3. The van der Waals surface area contributed by atoms with Gasteiger partial charge in [-0.3, -0.25) is 4.79 Å². The standard InChI is InChI=1S/C73H123NO18/c1-3-5-7-9-11-13-15-16-17-18-19-20-21-22-23-24-25-26-27-28-29-30-31-32-33-34-35-36-37-38-39-40-41-43-45-47-49-51-61(79)74-56(57(78)50-48-46-44-42-14-12-10-8-6-4-2)55-87-71-67(85)64(82)69(59(53-76)89-71)92-73-68(86)65(83)70(60(54-77)90-73)91-72-66(84)63(81)62(80)58(52-75)88-72/h5,7,11,13,16-17,19-20,22-23,25-26,28-29,31-32,48,50,56-60,62-73,75-78,80-86H,3-4,6,8-10,12,14-15,18,21,24,27,30,33-47,49,51-55H2,1-2H3,(H,74,79)/b7-5-,13-11-,17-16-,20-19-,23-22-,26-25-,29-28-,32-31-,50-48+. The fourth-order valence-electron chi connectivity index (χ4n) is 11.1. The number of hydrogen-bond acceptors (Lipinski definition) is 18. The Bertz CT molecular complexity index is 2090. The molecule has 17 atom stereocenters. The number of aliphatic hydroxyl groups is 11. The minimum Gasteiger partial charge on any atom is -0.394 e. The van der Waals surface area contributed by atoms with Gasteiger partial charge in [0.05, 0.1) is 38.6 Å². The molecule has 19 heteroatoms. The van der Waals surface area contributed by atoms with Crippen LogP contribution in [0, 0.1) is 0 Å². The fourth-order valence-corrected chi connectivity index (χ4v) is 11.1. The summed E-state index contributed by atoms with van der Waals surface area (Å²) in [6.07, 6.45) is 45.2. The first-order valence-corrected chi connectivity index (χ1v) is 35.1. The van der Waals surface area contributed by atoms with Gasteiger partial charge in [0.2, 0.25) is 5.91 Å². The van der Waals surface area contributed by atoms with Crippen molar-refractivity contribution in [2.45, 2.75) is 317 Å². The number of aliphatic hydroxyl groups excluding tert-OH is 11. The molecule has 3 aliphatic heterocycles. The molecule has 17 unspecified atom stereocenters. The van der Waals surface area contributed by atoms with Crippen LogP contribution in [0.15, 0.2) is 109 Å². The predicted molar refractivity (Wildman–Crippen MR) is 360 cm³/mol. The molecular weight excluding hydrogens is 1180 g/mol. The Kier molecular flexibility index (Phi) is 48.1. The Morgan fingerprint density at radius 2 is 0.750 bits per heavy atom. The summed E-state index contributed by atoms with van der Waals surface area (Å²) in [5, 5.41) is 120. The van der Waals surface area contributed by atoms with Crippen LogP contribution in [0.2, 0.25) is 0 Å². The van der Waals surface area contributed by atoms with Crippen molar-refractivity contribution in [1.29, 1.82) is 0 Å². The molecule has 3 aliphatic rings. The lowest BCUT2D eigenvalue weighted by atomic mass is 9.96. The zero-order chi connectivity index (χ0) is 66.8. The molecule has 528 valence electrons. The average Bonchev–Trinajstić information content (AvgIpc) is 0.799. The van der Waals surface area contributed by atoms with E-state index in [1.807, 2.05) is 6.08 Å². The van der Waals surface area contributed by atoms with Crippen molar-refractivity contribution >= 4 is 5.91 Å². The van der Waals surface area contributed by atoms with Crippen molar-refractivity contribution in [2.24, 2.45) is 0 Å². The van der Waals surface area contributed by atoms with Gasteiger partial charge in [-0.05, 0) is 83.5 Å². The van der Waals surface area contributed by atoms with Crippen LogP contribution in [-0.2, 0) is 33.2 Å². The zero-order valence-electron chi connectivity index (χ0n) is 55.7. The van der Waals surface area contributed by atoms with E-state index in [4.69, 9.17) is 28.4 Å². The Labute approximate surface area is 551 Å². The van der Waals surface area contributed by atoms with Gasteiger partial charge in [-0.15, -0.1) is 0 Å². The highest BCUT2D eigenvalue weighted by molar-refractivity contribution is 5.76. The Morgan fingerprint density at radius 1 is 0.402 bits per heavy atom. The summed E-state index contributed by atoms with van der Waals surface area (Å²) >= 11 is 0. The van der Waals surface area contributed by atoms with Gasteiger partial charge >= 0.3 is 0 Å². The Balaban J connectivity index is 1.32. The fraction of sp³-hybridized carbons (Fsp3) is 0.740. The monoisotopic (exact) mass is 1300 g/mol. The van der Waals surface area contributed by atoms with Crippen LogP contribution in [0.3, 0.4) is 0 Å². The molecule has 0 saturated carbocycles. The maximum Gasteiger partial charge on any atom is 0.220 e. The molecule has 92 heavy (non-hydrogen) atoms. The van der Waals surface area contributed by atoms with E-state index in [0.29, 0.717) is 6.42 Å². The third-order valence-corrected chi connectivity index (χ3v) is 16.8. The zero-order valence-corrected chi connectivity index (χ0v) is 55.7. The topological polar surface area (TPSA) is 307 Å². The van der Waals surface area contributed by atoms with Crippen molar-refractivity contribution in [2.75, 3.05) is 26.4 Å². The van der Waals surface area contributed by atoms with Crippen molar-refractivity contribution < 1.29 is 89.4 Å². The second-order valence-electron chi connectivity index (χ2n) is 24.6. The molecule has 0 aromatic carbocycles. The molecule has 3 saturated heterocycles. The second-order valence-corrected chi connectivity index (χ2v) is 24.6. The average molecular weight is 1300 g/mol. The van der Waals surface area contributed by atoms with Crippen molar-refractivity contribution in [1.82, 2.24) is 5.32 Å². The number of carbonyl (C=O) groups is 1. The maximum absolute atomic E-state index is 13.4. The number of ether oxygens (including phenoxy) is 6. The van der Waals surface area contributed by atoms with E-state index in [9.17, 15) is 61.0 Å². The smallest absolute Gasteiger partial charge is 0.220 e. The number of carbonyl (C=O) groups excluding carboxylic acids is 1. The molecule has 0 spiro atoms. The van der Waals surface area contributed by atoms with Gasteiger partial charge in [0, 0.05) is 6.42 Å². The van der Waals surface area contributed by atoms with E-state index < -0.39 is 124 Å². The first kappa shape index (κ1) is 82.7. The third kappa shape index (κ3) is 34.9. The van der Waals surface area contributed by atoms with Gasteiger partial charge in [-0.1, -0.05) is 232 Å². The van der Waals surface area contributed by atoms with Crippen LogP contribution in [0.5, 0.6) is 0 Å². The van der Waals surface area contributed by atoms with E-state index in [1.165, 1.54) is 77.0 Å². The minimum atomic E-state index is -1.98. The number of hydrogen-bond donors (Lipinski definition) is 12. The van der Waals surface area contributed by atoms with Crippen LogP contribution in [-0.4, -0.2) is 193 Å². The van der Waals surface area contributed by atoms with Gasteiger partial charge in [0.25, 0.3) is 0 Å². The Morgan fingerprint density at radius 3 is 1.17 bits per heavy atom. The molecule has 0 aliphatic carbocycles. The summed E-state index contributed by atoms with van der Waals surface area (Å²) in [4.78, 5) is 13.4. The summed E-state index contributed by atoms with van der Waals surface area (Å²) in [7, 11) is 0. The van der Waals surface area contributed by atoms with E-state index in [0.717, 1.165) is 109 Å². The lowest BCUT2D eigenvalue weighted by molar-refractivity contribution is -0.379. The van der Waals surface area contributed by atoms with Gasteiger partial charge < -0.3 is 89.9 Å². The molecule has 3 rings (SSSR count). The molecule has 0 aromatic heterocycles. The molecule has 3 fully saturated rings. The van der Waals surface area contributed by atoms with Crippen molar-refractivity contribution in [3.8, 4) is 0 Å². The van der Waals surface area contributed by atoms with E-state index in [2.05, 4.69) is 116 Å². The minimum absolute atomic E-state index is 0.234. The van der Waals surface area contributed by atoms with Gasteiger partial charge in [-0.2, -0.15) is 0 Å². The first-order chi connectivity index (χ1) is 44.8. The lowest BCUT2D eigenvalue weighted by Gasteiger charge is -2.48. The number of allylic oxidation sites excluding steroid dienone is 17. The largest absolute Gasteiger partial charge is 0.394 e. The summed E-state index contributed by atoms with van der Waals surface area (Å²) in [6, 6.07) is -0.979.